The second-order valence-corrected chi connectivity index (χ2v) is 4.11. The minimum atomic E-state index is -0.681. The SMILES string of the molecule is CCC(C)(C#N)NC(=O)C1CC1C. The number of rotatable bonds is 3. The van der Waals surface area contributed by atoms with E-state index in [9.17, 15) is 4.79 Å². The standard InChI is InChI=1S/C10H16N2O/c1-4-10(3,6-11)12-9(13)8-5-7(8)2/h7-8H,4-5H2,1-3H3,(H,12,13). The molecule has 0 saturated heterocycles. The Hall–Kier alpha value is -1.04. The first kappa shape index (κ1) is 10.0. The van der Waals surface area contributed by atoms with Gasteiger partial charge in [0.15, 0.2) is 0 Å². The maximum atomic E-state index is 11.5. The Bertz CT molecular complexity index is 256. The summed E-state index contributed by atoms with van der Waals surface area (Å²) in [4.78, 5) is 11.5. The van der Waals surface area contributed by atoms with Crippen molar-refractivity contribution >= 4 is 5.91 Å². The molecule has 0 radical (unpaired) electrons. The summed E-state index contributed by atoms with van der Waals surface area (Å²) in [5.74, 6) is 0.692. The van der Waals surface area contributed by atoms with E-state index in [4.69, 9.17) is 5.26 Å². The molecular formula is C10H16N2O. The van der Waals surface area contributed by atoms with Gasteiger partial charge in [-0.1, -0.05) is 13.8 Å². The van der Waals surface area contributed by atoms with E-state index in [0.29, 0.717) is 12.3 Å². The molecular weight excluding hydrogens is 164 g/mol. The molecule has 1 aliphatic rings. The van der Waals surface area contributed by atoms with Gasteiger partial charge in [-0.05, 0) is 25.7 Å². The molecule has 0 bridgehead atoms. The minimum Gasteiger partial charge on any atom is -0.338 e. The van der Waals surface area contributed by atoms with Crippen LogP contribution in [-0.4, -0.2) is 11.4 Å². The van der Waals surface area contributed by atoms with Crippen molar-refractivity contribution in [3.05, 3.63) is 0 Å². The van der Waals surface area contributed by atoms with Gasteiger partial charge in [-0.2, -0.15) is 5.26 Å². The van der Waals surface area contributed by atoms with Crippen LogP contribution in [-0.2, 0) is 4.79 Å². The van der Waals surface area contributed by atoms with Crippen molar-refractivity contribution in [1.82, 2.24) is 5.32 Å². The van der Waals surface area contributed by atoms with Crippen molar-refractivity contribution in [2.45, 2.75) is 39.2 Å². The van der Waals surface area contributed by atoms with Crippen LogP contribution < -0.4 is 5.32 Å². The highest BCUT2D eigenvalue weighted by Crippen LogP contribution is 2.38. The molecule has 0 heterocycles. The number of amides is 1. The topological polar surface area (TPSA) is 52.9 Å². The zero-order chi connectivity index (χ0) is 10.1. The molecule has 0 aliphatic heterocycles. The summed E-state index contributed by atoms with van der Waals surface area (Å²) in [5.41, 5.74) is -0.681. The number of hydrogen-bond donors (Lipinski definition) is 1. The quantitative estimate of drug-likeness (QED) is 0.714. The Morgan fingerprint density at radius 1 is 1.77 bits per heavy atom. The maximum absolute atomic E-state index is 11.5. The van der Waals surface area contributed by atoms with Gasteiger partial charge in [0.05, 0.1) is 6.07 Å². The summed E-state index contributed by atoms with van der Waals surface area (Å²) in [7, 11) is 0. The Morgan fingerprint density at radius 2 is 2.31 bits per heavy atom. The maximum Gasteiger partial charge on any atom is 0.224 e. The molecule has 13 heavy (non-hydrogen) atoms. The summed E-state index contributed by atoms with van der Waals surface area (Å²) >= 11 is 0. The molecule has 0 aromatic rings. The van der Waals surface area contributed by atoms with E-state index in [2.05, 4.69) is 18.3 Å². The van der Waals surface area contributed by atoms with Crippen molar-refractivity contribution in [2.75, 3.05) is 0 Å². The molecule has 1 rings (SSSR count). The van der Waals surface area contributed by atoms with Crippen LogP contribution in [0, 0.1) is 23.2 Å². The van der Waals surface area contributed by atoms with Gasteiger partial charge in [0, 0.05) is 5.92 Å². The van der Waals surface area contributed by atoms with Crippen LogP contribution in [0.1, 0.15) is 33.6 Å². The van der Waals surface area contributed by atoms with Gasteiger partial charge in [-0.15, -0.1) is 0 Å². The normalized spacial score (nSPS) is 30.0. The van der Waals surface area contributed by atoms with Crippen molar-refractivity contribution in [3.8, 4) is 6.07 Å². The summed E-state index contributed by atoms with van der Waals surface area (Å²) < 4.78 is 0. The average Bonchev–Trinajstić information content (AvgIpc) is 2.82. The fourth-order valence-corrected chi connectivity index (χ4v) is 1.25. The lowest BCUT2D eigenvalue weighted by atomic mass is 10.0. The second kappa shape index (κ2) is 3.37. The molecule has 3 nitrogen and oxygen atoms in total. The van der Waals surface area contributed by atoms with Crippen LogP contribution >= 0.6 is 0 Å². The van der Waals surface area contributed by atoms with E-state index in [-0.39, 0.29) is 11.8 Å². The molecule has 3 heteroatoms. The molecule has 1 amide bonds. The molecule has 3 unspecified atom stereocenters. The summed E-state index contributed by atoms with van der Waals surface area (Å²) in [5, 5.41) is 11.6. The van der Waals surface area contributed by atoms with Crippen LogP contribution in [0.25, 0.3) is 0 Å². The molecule has 0 aromatic carbocycles. The van der Waals surface area contributed by atoms with Crippen LogP contribution in [0.2, 0.25) is 0 Å². The number of hydrogen-bond acceptors (Lipinski definition) is 2. The molecule has 1 saturated carbocycles. The highest BCUT2D eigenvalue weighted by molar-refractivity contribution is 5.82. The summed E-state index contributed by atoms with van der Waals surface area (Å²) in [6.45, 7) is 5.72. The van der Waals surface area contributed by atoms with E-state index in [0.717, 1.165) is 6.42 Å². The first-order valence-electron chi connectivity index (χ1n) is 4.75. The minimum absolute atomic E-state index is 0.0402. The van der Waals surface area contributed by atoms with Gasteiger partial charge in [-0.25, -0.2) is 0 Å². The largest absolute Gasteiger partial charge is 0.338 e. The monoisotopic (exact) mass is 180 g/mol. The van der Waals surface area contributed by atoms with Crippen LogP contribution in [0.4, 0.5) is 0 Å². The Balaban J connectivity index is 2.48. The average molecular weight is 180 g/mol. The fraction of sp³-hybridized carbons (Fsp3) is 0.800. The van der Waals surface area contributed by atoms with Crippen LogP contribution in [0.5, 0.6) is 0 Å². The summed E-state index contributed by atoms with van der Waals surface area (Å²) in [6.07, 6.45) is 1.62. The van der Waals surface area contributed by atoms with Crippen LogP contribution in [0.15, 0.2) is 0 Å². The predicted molar refractivity (Wildman–Crippen MR) is 49.7 cm³/mol. The third-order valence-corrected chi connectivity index (χ3v) is 2.80. The zero-order valence-electron chi connectivity index (χ0n) is 8.42. The molecule has 1 aliphatic carbocycles. The zero-order valence-corrected chi connectivity index (χ0v) is 8.42. The second-order valence-electron chi connectivity index (χ2n) is 4.11. The van der Waals surface area contributed by atoms with Crippen molar-refractivity contribution in [2.24, 2.45) is 11.8 Å². The van der Waals surface area contributed by atoms with Gasteiger partial charge in [0.2, 0.25) is 5.91 Å². The third-order valence-electron chi connectivity index (χ3n) is 2.80. The van der Waals surface area contributed by atoms with Gasteiger partial charge >= 0.3 is 0 Å². The fourth-order valence-electron chi connectivity index (χ4n) is 1.25. The Kier molecular flexibility index (Phi) is 2.60. The molecule has 72 valence electrons. The van der Waals surface area contributed by atoms with Gasteiger partial charge in [-0.3, -0.25) is 4.79 Å². The molecule has 1 fully saturated rings. The van der Waals surface area contributed by atoms with Crippen LogP contribution in [0.3, 0.4) is 0 Å². The molecule has 0 spiro atoms. The van der Waals surface area contributed by atoms with Crippen molar-refractivity contribution < 1.29 is 4.79 Å². The lowest BCUT2D eigenvalue weighted by Gasteiger charge is -2.21. The lowest BCUT2D eigenvalue weighted by molar-refractivity contribution is -0.123. The lowest BCUT2D eigenvalue weighted by Crippen LogP contribution is -2.45. The smallest absolute Gasteiger partial charge is 0.224 e. The number of carbonyl (C=O) groups excluding carboxylic acids is 1. The predicted octanol–water partition coefficient (Wildman–Crippen LogP) is 1.45. The highest BCUT2D eigenvalue weighted by atomic mass is 16.2. The first-order chi connectivity index (χ1) is 6.02. The molecule has 0 aromatic heterocycles. The van der Waals surface area contributed by atoms with Crippen molar-refractivity contribution in [1.29, 1.82) is 5.26 Å². The van der Waals surface area contributed by atoms with Gasteiger partial charge in [0.25, 0.3) is 0 Å². The molecule has 1 N–H and O–H groups in total. The number of nitrogens with zero attached hydrogens (tertiary/aromatic N) is 1. The number of carbonyl (C=O) groups is 1. The van der Waals surface area contributed by atoms with E-state index >= 15 is 0 Å². The number of nitrogens with one attached hydrogen (secondary N) is 1. The van der Waals surface area contributed by atoms with Crippen molar-refractivity contribution in [3.63, 3.8) is 0 Å². The summed E-state index contributed by atoms with van der Waals surface area (Å²) in [6, 6.07) is 2.12. The van der Waals surface area contributed by atoms with Gasteiger partial charge < -0.3 is 5.32 Å². The van der Waals surface area contributed by atoms with E-state index in [1.54, 1.807) is 6.92 Å². The van der Waals surface area contributed by atoms with E-state index < -0.39 is 5.54 Å². The number of nitriles is 1. The Labute approximate surface area is 79.1 Å². The highest BCUT2D eigenvalue weighted by Gasteiger charge is 2.41. The van der Waals surface area contributed by atoms with Gasteiger partial charge in [0.1, 0.15) is 5.54 Å². The first-order valence-corrected chi connectivity index (χ1v) is 4.75. The third kappa shape index (κ3) is 2.21. The van der Waals surface area contributed by atoms with E-state index in [1.165, 1.54) is 0 Å². The van der Waals surface area contributed by atoms with E-state index in [1.807, 2.05) is 6.92 Å². The molecule has 3 atom stereocenters. The Morgan fingerprint density at radius 3 is 2.62 bits per heavy atom.